The maximum Gasteiger partial charge on any atom is 0.263 e. The fourth-order valence-corrected chi connectivity index (χ4v) is 3.17. The summed E-state index contributed by atoms with van der Waals surface area (Å²) in [4.78, 5) is 18.6. The molecule has 0 unspecified atom stereocenters. The molecule has 6 heteroatoms. The van der Waals surface area contributed by atoms with Crippen LogP contribution in [-0.2, 0) is 4.79 Å². The number of amides is 1. The number of aromatic nitrogens is 1. The van der Waals surface area contributed by atoms with Crippen LogP contribution >= 0.6 is 15.9 Å². The summed E-state index contributed by atoms with van der Waals surface area (Å²) < 4.78 is 12.5. The normalized spacial score (nSPS) is 16.3. The van der Waals surface area contributed by atoms with Gasteiger partial charge in [-0.2, -0.15) is 0 Å². The van der Waals surface area contributed by atoms with Crippen molar-refractivity contribution in [1.82, 2.24) is 9.88 Å². The van der Waals surface area contributed by atoms with Gasteiger partial charge in [0.05, 0.1) is 4.47 Å². The number of carbonyl (C=O) groups excluding carboxylic acids is 1. The highest BCUT2D eigenvalue weighted by molar-refractivity contribution is 9.10. The van der Waals surface area contributed by atoms with Crippen molar-refractivity contribution in [3.63, 3.8) is 0 Å². The molecule has 2 aromatic rings. The third-order valence-corrected chi connectivity index (χ3v) is 4.76. The van der Waals surface area contributed by atoms with Crippen LogP contribution in [0.25, 0.3) is 0 Å². The molecule has 1 aliphatic heterocycles. The number of para-hydroxylation sites is 1. The molecule has 1 fully saturated rings. The number of halogens is 1. The maximum absolute atomic E-state index is 12.6. The van der Waals surface area contributed by atoms with E-state index in [4.69, 9.17) is 9.47 Å². The van der Waals surface area contributed by atoms with Crippen molar-refractivity contribution in [2.75, 3.05) is 13.1 Å². The molecular formula is C19H21BrN2O3. The fourth-order valence-electron chi connectivity index (χ4n) is 2.82. The Labute approximate surface area is 156 Å². The van der Waals surface area contributed by atoms with Gasteiger partial charge in [-0.3, -0.25) is 4.79 Å². The van der Waals surface area contributed by atoms with Crippen molar-refractivity contribution in [2.24, 2.45) is 0 Å². The van der Waals surface area contributed by atoms with Crippen LogP contribution < -0.4 is 9.47 Å². The highest BCUT2D eigenvalue weighted by atomic mass is 79.9. The molecule has 1 amide bonds. The van der Waals surface area contributed by atoms with Crippen LogP contribution in [0.2, 0.25) is 0 Å². The smallest absolute Gasteiger partial charge is 0.263 e. The number of carbonyl (C=O) groups is 1. The molecule has 5 nitrogen and oxygen atoms in total. The SMILES string of the molecule is C[C@@H](Oc1ccccc1)C(=O)N1CCC(Oc2ncccc2Br)CC1. The van der Waals surface area contributed by atoms with Gasteiger partial charge in [0, 0.05) is 32.1 Å². The molecule has 1 saturated heterocycles. The predicted octanol–water partition coefficient (Wildman–Crippen LogP) is 3.68. The Hall–Kier alpha value is -2.08. The van der Waals surface area contributed by atoms with Crippen LogP contribution in [0.15, 0.2) is 53.1 Å². The van der Waals surface area contributed by atoms with Gasteiger partial charge in [0.15, 0.2) is 6.10 Å². The molecule has 0 aliphatic carbocycles. The summed E-state index contributed by atoms with van der Waals surface area (Å²) in [5.41, 5.74) is 0. The molecule has 0 N–H and O–H groups in total. The molecule has 0 spiro atoms. The summed E-state index contributed by atoms with van der Waals surface area (Å²) >= 11 is 3.44. The second kappa shape index (κ2) is 8.34. The highest BCUT2D eigenvalue weighted by Gasteiger charge is 2.28. The standard InChI is InChI=1S/C19H21BrN2O3/c1-14(24-15-6-3-2-4-7-15)19(23)22-12-9-16(10-13-22)25-18-17(20)8-5-11-21-18/h2-8,11,14,16H,9-10,12-13H2,1H3/t14-/m1/s1. The third-order valence-electron chi connectivity index (χ3n) is 4.16. The van der Waals surface area contributed by atoms with Crippen LogP contribution in [0, 0.1) is 0 Å². The molecule has 25 heavy (non-hydrogen) atoms. The van der Waals surface area contributed by atoms with E-state index in [0.717, 1.165) is 17.3 Å². The number of pyridine rings is 1. The number of ether oxygens (including phenoxy) is 2. The van der Waals surface area contributed by atoms with Gasteiger partial charge in [-0.25, -0.2) is 4.98 Å². The number of benzene rings is 1. The quantitative estimate of drug-likeness (QED) is 0.762. The summed E-state index contributed by atoms with van der Waals surface area (Å²) in [7, 11) is 0. The Bertz CT molecular complexity index is 703. The lowest BCUT2D eigenvalue weighted by molar-refractivity contribution is -0.139. The van der Waals surface area contributed by atoms with Gasteiger partial charge in [-0.15, -0.1) is 0 Å². The Balaban J connectivity index is 1.50. The van der Waals surface area contributed by atoms with Gasteiger partial charge in [0.25, 0.3) is 5.91 Å². The zero-order valence-electron chi connectivity index (χ0n) is 14.1. The van der Waals surface area contributed by atoms with Crippen LogP contribution in [0.4, 0.5) is 0 Å². The summed E-state index contributed by atoms with van der Waals surface area (Å²) in [6.07, 6.45) is 2.85. The second-order valence-corrected chi connectivity index (χ2v) is 6.86. The first-order chi connectivity index (χ1) is 12.1. The van der Waals surface area contributed by atoms with E-state index in [1.807, 2.05) is 47.4 Å². The molecule has 1 aromatic carbocycles. The van der Waals surface area contributed by atoms with E-state index in [-0.39, 0.29) is 12.0 Å². The predicted molar refractivity (Wildman–Crippen MR) is 98.7 cm³/mol. The Morgan fingerprint density at radius 2 is 1.92 bits per heavy atom. The maximum atomic E-state index is 12.6. The summed E-state index contributed by atoms with van der Waals surface area (Å²) in [5.74, 6) is 1.33. The lowest BCUT2D eigenvalue weighted by atomic mass is 10.1. The van der Waals surface area contributed by atoms with E-state index in [9.17, 15) is 4.79 Å². The minimum absolute atomic E-state index is 0.0151. The summed E-state index contributed by atoms with van der Waals surface area (Å²) in [6.45, 7) is 3.12. The average molecular weight is 405 g/mol. The third kappa shape index (κ3) is 4.72. The van der Waals surface area contributed by atoms with Crippen LogP contribution in [0.1, 0.15) is 19.8 Å². The number of nitrogens with zero attached hydrogens (tertiary/aromatic N) is 2. The number of piperidine rings is 1. The molecule has 3 rings (SSSR count). The van der Waals surface area contributed by atoms with E-state index in [1.165, 1.54) is 0 Å². The van der Waals surface area contributed by atoms with Crippen molar-refractivity contribution >= 4 is 21.8 Å². The fraction of sp³-hybridized carbons (Fsp3) is 0.368. The highest BCUT2D eigenvalue weighted by Crippen LogP contribution is 2.25. The number of hydrogen-bond donors (Lipinski definition) is 0. The minimum atomic E-state index is -0.496. The Morgan fingerprint density at radius 3 is 2.60 bits per heavy atom. The summed E-state index contributed by atoms with van der Waals surface area (Å²) in [6, 6.07) is 13.2. The first-order valence-electron chi connectivity index (χ1n) is 8.41. The molecule has 0 radical (unpaired) electrons. The number of hydrogen-bond acceptors (Lipinski definition) is 4. The van der Waals surface area contributed by atoms with Gasteiger partial charge in [-0.05, 0) is 47.1 Å². The van der Waals surface area contributed by atoms with Crippen molar-refractivity contribution in [3.05, 3.63) is 53.1 Å². The van der Waals surface area contributed by atoms with Gasteiger partial charge >= 0.3 is 0 Å². The average Bonchev–Trinajstić information content (AvgIpc) is 2.64. The first kappa shape index (κ1) is 17.7. The van der Waals surface area contributed by atoms with Gasteiger partial charge < -0.3 is 14.4 Å². The second-order valence-electron chi connectivity index (χ2n) is 6.01. The van der Waals surface area contributed by atoms with E-state index in [2.05, 4.69) is 20.9 Å². The van der Waals surface area contributed by atoms with Crippen LogP contribution in [-0.4, -0.2) is 41.1 Å². The first-order valence-corrected chi connectivity index (χ1v) is 9.20. The molecular weight excluding hydrogens is 384 g/mol. The van der Waals surface area contributed by atoms with Crippen molar-refractivity contribution in [1.29, 1.82) is 0 Å². The Kier molecular flexibility index (Phi) is 5.91. The lowest BCUT2D eigenvalue weighted by Crippen LogP contribution is -2.46. The van der Waals surface area contributed by atoms with Crippen molar-refractivity contribution in [2.45, 2.75) is 32.0 Å². The largest absolute Gasteiger partial charge is 0.481 e. The molecule has 1 aromatic heterocycles. The zero-order valence-corrected chi connectivity index (χ0v) is 15.7. The monoisotopic (exact) mass is 404 g/mol. The molecule has 132 valence electrons. The van der Waals surface area contributed by atoms with Crippen LogP contribution in [0.3, 0.4) is 0 Å². The Morgan fingerprint density at radius 1 is 1.20 bits per heavy atom. The van der Waals surface area contributed by atoms with Crippen LogP contribution in [0.5, 0.6) is 11.6 Å². The van der Waals surface area contributed by atoms with Crippen molar-refractivity contribution in [3.8, 4) is 11.6 Å². The van der Waals surface area contributed by atoms with Gasteiger partial charge in [0.1, 0.15) is 11.9 Å². The molecule has 2 heterocycles. The molecule has 1 atom stereocenters. The van der Waals surface area contributed by atoms with E-state index in [0.29, 0.717) is 24.7 Å². The van der Waals surface area contributed by atoms with E-state index < -0.39 is 6.10 Å². The molecule has 0 saturated carbocycles. The number of likely N-dealkylation sites (tertiary alicyclic amines) is 1. The topological polar surface area (TPSA) is 51.7 Å². The van der Waals surface area contributed by atoms with Gasteiger partial charge in [0.2, 0.25) is 5.88 Å². The van der Waals surface area contributed by atoms with E-state index in [1.54, 1.807) is 13.1 Å². The van der Waals surface area contributed by atoms with Gasteiger partial charge in [-0.1, -0.05) is 18.2 Å². The summed E-state index contributed by atoms with van der Waals surface area (Å²) in [5, 5.41) is 0. The zero-order chi connectivity index (χ0) is 17.6. The lowest BCUT2D eigenvalue weighted by Gasteiger charge is -2.33. The van der Waals surface area contributed by atoms with E-state index >= 15 is 0 Å². The molecule has 0 bridgehead atoms. The van der Waals surface area contributed by atoms with Crippen molar-refractivity contribution < 1.29 is 14.3 Å². The molecule has 1 aliphatic rings. The minimum Gasteiger partial charge on any atom is -0.481 e. The number of rotatable bonds is 5.